The first-order chi connectivity index (χ1) is 14.1. The third kappa shape index (κ3) is 5.04. The van der Waals surface area contributed by atoms with Crippen molar-refractivity contribution in [1.82, 2.24) is 15.3 Å². The van der Waals surface area contributed by atoms with E-state index >= 15 is 0 Å². The highest BCUT2D eigenvalue weighted by Crippen LogP contribution is 2.24. The summed E-state index contributed by atoms with van der Waals surface area (Å²) in [6.45, 7) is 2.89. The lowest BCUT2D eigenvalue weighted by atomic mass is 9.91. The molecule has 0 atom stereocenters. The Bertz CT molecular complexity index is 960. The third-order valence-electron chi connectivity index (χ3n) is 5.77. The molecule has 3 aromatic rings. The quantitative estimate of drug-likeness (QED) is 0.649. The van der Waals surface area contributed by atoms with E-state index in [0.29, 0.717) is 12.1 Å². The first-order valence-electron chi connectivity index (χ1n) is 10.6. The molecule has 0 radical (unpaired) electrons. The van der Waals surface area contributed by atoms with Crippen molar-refractivity contribution in [2.45, 2.75) is 51.2 Å². The van der Waals surface area contributed by atoms with Gasteiger partial charge >= 0.3 is 0 Å². The zero-order valence-corrected chi connectivity index (χ0v) is 17.7. The molecule has 2 N–H and O–H groups in total. The van der Waals surface area contributed by atoms with Gasteiger partial charge in [-0.05, 0) is 55.0 Å². The Kier molecular flexibility index (Phi) is 5.95. The predicted molar refractivity (Wildman–Crippen MR) is 122 cm³/mol. The summed E-state index contributed by atoms with van der Waals surface area (Å²) < 4.78 is 0. The Morgan fingerprint density at radius 1 is 0.897 bits per heavy atom. The van der Waals surface area contributed by atoms with Crippen LogP contribution in [0.25, 0.3) is 10.8 Å². The minimum absolute atomic E-state index is 0.484. The largest absolute Gasteiger partial charge is 0.367 e. The lowest BCUT2D eigenvalue weighted by Gasteiger charge is -2.30. The van der Waals surface area contributed by atoms with Gasteiger partial charge in [0.25, 0.3) is 0 Å². The number of aromatic nitrogens is 2. The van der Waals surface area contributed by atoms with Crippen LogP contribution < -0.4 is 15.5 Å². The fourth-order valence-electron chi connectivity index (χ4n) is 4.12. The molecule has 1 fully saturated rings. The summed E-state index contributed by atoms with van der Waals surface area (Å²) in [5.74, 6) is 2.70. The molecule has 0 unspecified atom stereocenters. The van der Waals surface area contributed by atoms with Gasteiger partial charge in [0.15, 0.2) is 0 Å². The van der Waals surface area contributed by atoms with Crippen LogP contribution >= 0.6 is 0 Å². The molecule has 29 heavy (non-hydrogen) atoms. The molecule has 0 saturated heterocycles. The Morgan fingerprint density at radius 3 is 2.38 bits per heavy atom. The van der Waals surface area contributed by atoms with Crippen molar-refractivity contribution in [3.63, 3.8) is 0 Å². The highest BCUT2D eigenvalue weighted by molar-refractivity contribution is 5.82. The van der Waals surface area contributed by atoms with Gasteiger partial charge in [-0.1, -0.05) is 36.4 Å². The number of rotatable bonds is 6. The highest BCUT2D eigenvalue weighted by Gasteiger charge is 2.21. The van der Waals surface area contributed by atoms with Gasteiger partial charge in [-0.2, -0.15) is 0 Å². The lowest BCUT2D eigenvalue weighted by Crippen LogP contribution is -2.36. The topological polar surface area (TPSA) is 53.1 Å². The number of aryl methyl sites for hydroxylation is 1. The van der Waals surface area contributed by atoms with E-state index in [-0.39, 0.29) is 0 Å². The summed E-state index contributed by atoms with van der Waals surface area (Å²) in [5, 5.41) is 10.0. The zero-order chi connectivity index (χ0) is 20.2. The molecule has 5 heteroatoms. The van der Waals surface area contributed by atoms with E-state index in [1.54, 1.807) is 0 Å². The van der Waals surface area contributed by atoms with Crippen molar-refractivity contribution < 1.29 is 0 Å². The van der Waals surface area contributed by atoms with Crippen molar-refractivity contribution in [2.24, 2.45) is 0 Å². The van der Waals surface area contributed by atoms with E-state index < -0.39 is 0 Å². The molecule has 1 heterocycles. The molecule has 4 rings (SSSR count). The van der Waals surface area contributed by atoms with E-state index in [0.717, 1.165) is 36.8 Å². The van der Waals surface area contributed by atoms with Crippen LogP contribution in [0, 0.1) is 6.92 Å². The SMILES string of the molecule is Cc1nc(NC2CCC(NCc3ccc4ccccc4c3)CC2)cc(N(C)C)n1. The fraction of sp³-hybridized carbons (Fsp3) is 0.417. The molecule has 152 valence electrons. The summed E-state index contributed by atoms with van der Waals surface area (Å²) in [4.78, 5) is 11.1. The maximum atomic E-state index is 4.57. The van der Waals surface area contributed by atoms with Crippen LogP contribution in [-0.2, 0) is 6.54 Å². The Balaban J connectivity index is 1.28. The van der Waals surface area contributed by atoms with E-state index in [2.05, 4.69) is 63.1 Å². The normalized spacial score (nSPS) is 19.3. The van der Waals surface area contributed by atoms with Gasteiger partial charge < -0.3 is 15.5 Å². The molecule has 1 aliphatic carbocycles. The molecule has 1 saturated carbocycles. The molecule has 0 bridgehead atoms. The maximum Gasteiger partial charge on any atom is 0.133 e. The smallest absolute Gasteiger partial charge is 0.133 e. The average molecular weight is 390 g/mol. The van der Waals surface area contributed by atoms with Crippen molar-refractivity contribution in [3.05, 3.63) is 59.9 Å². The molecule has 5 nitrogen and oxygen atoms in total. The Hall–Kier alpha value is -2.66. The van der Waals surface area contributed by atoms with Crippen LogP contribution in [0.2, 0.25) is 0 Å². The van der Waals surface area contributed by atoms with Gasteiger partial charge in [0.2, 0.25) is 0 Å². The van der Waals surface area contributed by atoms with Crippen molar-refractivity contribution in [2.75, 3.05) is 24.3 Å². The van der Waals surface area contributed by atoms with Crippen LogP contribution in [0.5, 0.6) is 0 Å². The number of fused-ring (bicyclic) bond motifs is 1. The van der Waals surface area contributed by atoms with Gasteiger partial charge in [-0.25, -0.2) is 9.97 Å². The molecular formula is C24H31N5. The molecule has 0 amide bonds. The summed E-state index contributed by atoms with van der Waals surface area (Å²) in [7, 11) is 4.02. The molecule has 1 aliphatic rings. The molecule has 2 aromatic carbocycles. The summed E-state index contributed by atoms with van der Waals surface area (Å²) in [5.41, 5.74) is 1.36. The van der Waals surface area contributed by atoms with Gasteiger partial charge in [-0.3, -0.25) is 0 Å². The summed E-state index contributed by atoms with van der Waals surface area (Å²) >= 11 is 0. The maximum absolute atomic E-state index is 4.57. The Labute approximate surface area is 173 Å². The van der Waals surface area contributed by atoms with Crippen molar-refractivity contribution >= 4 is 22.4 Å². The standard InChI is InChI=1S/C24H31N5/c1-17-26-23(15-24(27-17)29(2)3)28-22-12-10-21(11-13-22)25-16-18-8-9-19-6-4-5-7-20(19)14-18/h4-9,14-15,21-22,25H,10-13,16H2,1-3H3,(H,26,27,28). The fourth-order valence-corrected chi connectivity index (χ4v) is 4.12. The van der Waals surface area contributed by atoms with Crippen LogP contribution in [0.1, 0.15) is 37.1 Å². The van der Waals surface area contributed by atoms with Gasteiger partial charge in [0.05, 0.1) is 0 Å². The summed E-state index contributed by atoms with van der Waals surface area (Å²) in [6, 6.07) is 18.4. The van der Waals surface area contributed by atoms with Crippen LogP contribution in [0.4, 0.5) is 11.6 Å². The number of anilines is 2. The van der Waals surface area contributed by atoms with Gasteiger partial charge in [0, 0.05) is 38.8 Å². The second-order valence-corrected chi connectivity index (χ2v) is 8.31. The molecule has 0 spiro atoms. The molecular weight excluding hydrogens is 358 g/mol. The lowest BCUT2D eigenvalue weighted by molar-refractivity contribution is 0.352. The molecule has 1 aromatic heterocycles. The van der Waals surface area contributed by atoms with Gasteiger partial charge in [0.1, 0.15) is 17.5 Å². The first-order valence-corrected chi connectivity index (χ1v) is 10.6. The van der Waals surface area contributed by atoms with E-state index in [9.17, 15) is 0 Å². The predicted octanol–water partition coefficient (Wildman–Crippen LogP) is 4.52. The number of nitrogens with one attached hydrogen (secondary N) is 2. The van der Waals surface area contributed by atoms with Crippen LogP contribution in [0.15, 0.2) is 48.5 Å². The van der Waals surface area contributed by atoms with Crippen LogP contribution in [0.3, 0.4) is 0 Å². The average Bonchev–Trinajstić information content (AvgIpc) is 2.72. The minimum Gasteiger partial charge on any atom is -0.367 e. The van der Waals surface area contributed by atoms with E-state index in [1.165, 1.54) is 29.2 Å². The second kappa shape index (κ2) is 8.78. The number of hydrogen-bond donors (Lipinski definition) is 2. The van der Waals surface area contributed by atoms with Gasteiger partial charge in [-0.15, -0.1) is 0 Å². The minimum atomic E-state index is 0.484. The molecule has 0 aliphatic heterocycles. The first kappa shape index (κ1) is 19.6. The monoisotopic (exact) mass is 389 g/mol. The number of nitrogens with zero attached hydrogens (tertiary/aromatic N) is 3. The van der Waals surface area contributed by atoms with E-state index in [4.69, 9.17) is 0 Å². The van der Waals surface area contributed by atoms with E-state index in [1.807, 2.05) is 32.0 Å². The van der Waals surface area contributed by atoms with Crippen molar-refractivity contribution in [1.29, 1.82) is 0 Å². The van der Waals surface area contributed by atoms with Crippen LogP contribution in [-0.4, -0.2) is 36.1 Å². The number of hydrogen-bond acceptors (Lipinski definition) is 5. The Morgan fingerprint density at radius 2 is 1.62 bits per heavy atom. The zero-order valence-electron chi connectivity index (χ0n) is 17.7. The number of benzene rings is 2. The van der Waals surface area contributed by atoms with Crippen molar-refractivity contribution in [3.8, 4) is 0 Å². The second-order valence-electron chi connectivity index (χ2n) is 8.31. The third-order valence-corrected chi connectivity index (χ3v) is 5.77. The summed E-state index contributed by atoms with van der Waals surface area (Å²) in [6.07, 6.45) is 4.71. The highest BCUT2D eigenvalue weighted by atomic mass is 15.2.